The van der Waals surface area contributed by atoms with E-state index < -0.39 is 37.2 Å². The zero-order chi connectivity index (χ0) is 16.1. The van der Waals surface area contributed by atoms with E-state index in [1.54, 1.807) is 0 Å². The molecule has 0 radical (unpaired) electrons. The summed E-state index contributed by atoms with van der Waals surface area (Å²) >= 11 is 0. The number of aliphatic hydroxyl groups is 5. The first-order valence-corrected chi connectivity index (χ1v) is 7.33. The molecule has 0 amide bonds. The van der Waals surface area contributed by atoms with Gasteiger partial charge in [0, 0.05) is 6.54 Å². The molecule has 0 saturated carbocycles. The Balaban J connectivity index is 1.86. The van der Waals surface area contributed by atoms with Gasteiger partial charge in [0.05, 0.1) is 19.3 Å². The molecule has 1 aromatic carbocycles. The molecular formula is C15H23NO6. The Morgan fingerprint density at radius 1 is 0.955 bits per heavy atom. The summed E-state index contributed by atoms with van der Waals surface area (Å²) in [6.07, 6.45) is -5.10. The number of nitrogens with zero attached hydrogens (tertiary/aromatic N) is 1. The molecular weight excluding hydrogens is 290 g/mol. The van der Waals surface area contributed by atoms with Gasteiger partial charge in [-0.25, -0.2) is 0 Å². The Morgan fingerprint density at radius 3 is 2.27 bits per heavy atom. The van der Waals surface area contributed by atoms with Gasteiger partial charge in [-0.3, -0.25) is 4.90 Å². The van der Waals surface area contributed by atoms with Crippen molar-refractivity contribution < 1.29 is 30.3 Å². The fourth-order valence-corrected chi connectivity index (χ4v) is 2.66. The van der Waals surface area contributed by atoms with Crippen LogP contribution in [0.2, 0.25) is 0 Å². The SMILES string of the molecule is OC[C@@H]1[C@@H](O)[C@H](O)[C@@H](O)C(O)N1CCCOc1ccccc1. The van der Waals surface area contributed by atoms with E-state index in [1.807, 2.05) is 30.3 Å². The number of ether oxygens (including phenoxy) is 1. The molecule has 1 heterocycles. The average molecular weight is 313 g/mol. The van der Waals surface area contributed by atoms with Gasteiger partial charge in [0.2, 0.25) is 0 Å². The summed E-state index contributed by atoms with van der Waals surface area (Å²) in [5.41, 5.74) is 0. The van der Waals surface area contributed by atoms with Crippen molar-refractivity contribution in [1.29, 1.82) is 0 Å². The second kappa shape index (κ2) is 7.87. The number of likely N-dealkylation sites (tertiary alicyclic amines) is 1. The number of hydrogen-bond donors (Lipinski definition) is 5. The van der Waals surface area contributed by atoms with Gasteiger partial charge in [-0.1, -0.05) is 18.2 Å². The molecule has 1 aromatic rings. The highest BCUT2D eigenvalue weighted by Crippen LogP contribution is 2.23. The van der Waals surface area contributed by atoms with Crippen molar-refractivity contribution >= 4 is 0 Å². The van der Waals surface area contributed by atoms with Crippen LogP contribution in [0.1, 0.15) is 6.42 Å². The van der Waals surface area contributed by atoms with Crippen LogP contribution >= 0.6 is 0 Å². The Morgan fingerprint density at radius 2 is 1.64 bits per heavy atom. The normalized spacial score (nSPS) is 32.9. The quantitative estimate of drug-likeness (QED) is 0.408. The van der Waals surface area contributed by atoms with Gasteiger partial charge in [0.15, 0.2) is 0 Å². The second-order valence-electron chi connectivity index (χ2n) is 5.39. The van der Waals surface area contributed by atoms with E-state index in [0.29, 0.717) is 19.6 Å². The van der Waals surface area contributed by atoms with Gasteiger partial charge < -0.3 is 30.3 Å². The molecule has 0 aliphatic carbocycles. The van der Waals surface area contributed by atoms with Crippen molar-refractivity contribution in [2.24, 2.45) is 0 Å². The van der Waals surface area contributed by atoms with Gasteiger partial charge in [-0.15, -0.1) is 0 Å². The molecule has 1 fully saturated rings. The lowest BCUT2D eigenvalue weighted by Crippen LogP contribution is -2.67. The molecule has 7 nitrogen and oxygen atoms in total. The maximum absolute atomic E-state index is 10.00. The number of hydrogen-bond acceptors (Lipinski definition) is 7. The minimum absolute atomic E-state index is 0.306. The summed E-state index contributed by atoms with van der Waals surface area (Å²) < 4.78 is 5.53. The summed E-state index contributed by atoms with van der Waals surface area (Å²) in [4.78, 5) is 1.39. The van der Waals surface area contributed by atoms with Crippen LogP contribution in [-0.2, 0) is 0 Å². The Bertz CT molecular complexity index is 445. The summed E-state index contributed by atoms with van der Waals surface area (Å²) in [5.74, 6) is 0.732. The molecule has 0 aromatic heterocycles. The fourth-order valence-electron chi connectivity index (χ4n) is 2.66. The molecule has 5 N–H and O–H groups in total. The van der Waals surface area contributed by atoms with Crippen LogP contribution in [0.15, 0.2) is 30.3 Å². The van der Waals surface area contributed by atoms with Crippen molar-refractivity contribution in [3.8, 4) is 5.75 Å². The van der Waals surface area contributed by atoms with Gasteiger partial charge >= 0.3 is 0 Å². The number of piperidine rings is 1. The molecule has 7 heteroatoms. The largest absolute Gasteiger partial charge is 0.494 e. The maximum Gasteiger partial charge on any atom is 0.136 e. The third-order valence-corrected chi connectivity index (χ3v) is 3.92. The first-order chi connectivity index (χ1) is 10.6. The molecule has 1 aliphatic heterocycles. The number of para-hydroxylation sites is 1. The third-order valence-electron chi connectivity index (χ3n) is 3.92. The molecule has 1 aliphatic rings. The number of aliphatic hydroxyl groups excluding tert-OH is 5. The van der Waals surface area contributed by atoms with Crippen LogP contribution in [0, 0.1) is 0 Å². The van der Waals surface area contributed by atoms with E-state index >= 15 is 0 Å². The maximum atomic E-state index is 10.00. The molecule has 22 heavy (non-hydrogen) atoms. The lowest BCUT2D eigenvalue weighted by atomic mass is 9.92. The van der Waals surface area contributed by atoms with Gasteiger partial charge in [0.25, 0.3) is 0 Å². The van der Waals surface area contributed by atoms with Gasteiger partial charge in [-0.05, 0) is 18.6 Å². The molecule has 5 atom stereocenters. The smallest absolute Gasteiger partial charge is 0.136 e. The molecule has 0 spiro atoms. The fraction of sp³-hybridized carbons (Fsp3) is 0.600. The predicted octanol–water partition coefficient (Wildman–Crippen LogP) is -1.47. The minimum Gasteiger partial charge on any atom is -0.494 e. The van der Waals surface area contributed by atoms with Gasteiger partial charge in [0.1, 0.15) is 30.3 Å². The summed E-state index contributed by atoms with van der Waals surface area (Å²) in [6.45, 7) is 0.266. The van der Waals surface area contributed by atoms with Crippen LogP contribution in [0.4, 0.5) is 0 Å². The molecule has 1 unspecified atom stereocenters. The molecule has 1 saturated heterocycles. The Kier molecular flexibility index (Phi) is 6.13. The van der Waals surface area contributed by atoms with Crippen LogP contribution in [-0.4, -0.2) is 80.8 Å². The zero-order valence-corrected chi connectivity index (χ0v) is 12.2. The molecule has 0 bridgehead atoms. The van der Waals surface area contributed by atoms with Crippen molar-refractivity contribution in [1.82, 2.24) is 4.90 Å². The van der Waals surface area contributed by atoms with Crippen LogP contribution in [0.25, 0.3) is 0 Å². The Labute approximate surface area is 129 Å². The lowest BCUT2D eigenvalue weighted by molar-refractivity contribution is -0.223. The topological polar surface area (TPSA) is 114 Å². The third kappa shape index (κ3) is 3.75. The first-order valence-electron chi connectivity index (χ1n) is 7.33. The van der Waals surface area contributed by atoms with Crippen molar-refractivity contribution in [2.75, 3.05) is 19.8 Å². The van der Waals surface area contributed by atoms with Crippen LogP contribution in [0.3, 0.4) is 0 Å². The van der Waals surface area contributed by atoms with Crippen LogP contribution < -0.4 is 4.74 Å². The van der Waals surface area contributed by atoms with E-state index in [4.69, 9.17) is 4.74 Å². The van der Waals surface area contributed by atoms with Crippen molar-refractivity contribution in [3.63, 3.8) is 0 Å². The summed E-state index contributed by atoms with van der Waals surface area (Å²) in [7, 11) is 0. The van der Waals surface area contributed by atoms with E-state index in [0.717, 1.165) is 5.75 Å². The first kappa shape index (κ1) is 17.1. The minimum atomic E-state index is -1.48. The highest BCUT2D eigenvalue weighted by molar-refractivity contribution is 5.20. The number of rotatable bonds is 6. The van der Waals surface area contributed by atoms with Gasteiger partial charge in [-0.2, -0.15) is 0 Å². The monoisotopic (exact) mass is 313 g/mol. The standard InChI is InChI=1S/C15H23NO6/c17-9-11-12(18)13(19)14(20)15(21)16(11)7-4-8-22-10-5-2-1-3-6-10/h1-3,5-6,11-15,17-21H,4,7-9H2/t11-,12-,13+,14-,15?/m1/s1. The van der Waals surface area contributed by atoms with Crippen LogP contribution in [0.5, 0.6) is 5.75 Å². The van der Waals surface area contributed by atoms with Crippen molar-refractivity contribution in [2.45, 2.75) is 37.0 Å². The second-order valence-corrected chi connectivity index (χ2v) is 5.39. The highest BCUT2D eigenvalue weighted by Gasteiger charge is 2.46. The molecule has 2 rings (SSSR count). The van der Waals surface area contributed by atoms with E-state index in [-0.39, 0.29) is 0 Å². The lowest BCUT2D eigenvalue weighted by Gasteiger charge is -2.46. The number of benzene rings is 1. The van der Waals surface area contributed by atoms with E-state index in [1.165, 1.54) is 4.90 Å². The van der Waals surface area contributed by atoms with Crippen molar-refractivity contribution in [3.05, 3.63) is 30.3 Å². The summed E-state index contributed by atoms with van der Waals surface area (Å²) in [6, 6.07) is 8.44. The average Bonchev–Trinajstić information content (AvgIpc) is 2.55. The summed E-state index contributed by atoms with van der Waals surface area (Å²) in [5, 5.41) is 48.6. The zero-order valence-electron chi connectivity index (χ0n) is 12.2. The van der Waals surface area contributed by atoms with E-state index in [2.05, 4.69) is 0 Å². The Hall–Kier alpha value is -1.22. The highest BCUT2D eigenvalue weighted by atomic mass is 16.5. The predicted molar refractivity (Wildman–Crippen MR) is 78.2 cm³/mol. The molecule has 124 valence electrons. The van der Waals surface area contributed by atoms with E-state index in [9.17, 15) is 25.5 Å².